The molecule has 98 valence electrons. The molecule has 1 aromatic carbocycles. The van der Waals surface area contributed by atoms with Crippen molar-refractivity contribution in [2.24, 2.45) is 5.92 Å². The lowest BCUT2D eigenvalue weighted by Crippen LogP contribution is -2.38. The molecule has 0 saturated carbocycles. The molecule has 1 aliphatic heterocycles. The molecule has 1 saturated heterocycles. The van der Waals surface area contributed by atoms with Crippen molar-refractivity contribution in [2.45, 2.75) is 40.0 Å². The second-order valence-corrected chi connectivity index (χ2v) is 5.66. The smallest absolute Gasteiger partial charge is 0.226 e. The summed E-state index contributed by atoms with van der Waals surface area (Å²) in [6.45, 7) is 8.35. The minimum atomic E-state index is 0.283. The fourth-order valence-electron chi connectivity index (χ4n) is 2.46. The van der Waals surface area contributed by atoms with Crippen LogP contribution in [0.5, 0.6) is 0 Å². The minimum Gasteiger partial charge on any atom is -0.342 e. The molecule has 0 bridgehead atoms. The van der Waals surface area contributed by atoms with Crippen molar-refractivity contribution in [3.63, 3.8) is 0 Å². The molecule has 2 nitrogen and oxygen atoms in total. The first-order valence-electron chi connectivity index (χ1n) is 6.90. The highest BCUT2D eigenvalue weighted by molar-refractivity contribution is 5.79. The van der Waals surface area contributed by atoms with Crippen LogP contribution in [-0.4, -0.2) is 23.9 Å². The largest absolute Gasteiger partial charge is 0.342 e. The second-order valence-electron chi connectivity index (χ2n) is 5.66. The number of hydrogen-bond donors (Lipinski definition) is 0. The van der Waals surface area contributed by atoms with E-state index >= 15 is 0 Å². The molecule has 0 atom stereocenters. The highest BCUT2D eigenvalue weighted by Crippen LogP contribution is 2.17. The summed E-state index contributed by atoms with van der Waals surface area (Å²) in [5.41, 5.74) is 3.70. The van der Waals surface area contributed by atoms with E-state index in [0.717, 1.165) is 37.4 Å². The van der Waals surface area contributed by atoms with Gasteiger partial charge in [-0.15, -0.1) is 0 Å². The molecule has 1 aliphatic rings. The van der Waals surface area contributed by atoms with E-state index in [4.69, 9.17) is 0 Å². The van der Waals surface area contributed by atoms with Gasteiger partial charge in [-0.1, -0.05) is 25.1 Å². The number of amides is 1. The average molecular weight is 245 g/mol. The lowest BCUT2D eigenvalue weighted by atomic mass is 9.98. The number of piperidine rings is 1. The van der Waals surface area contributed by atoms with Crippen molar-refractivity contribution in [3.8, 4) is 0 Å². The first-order valence-corrected chi connectivity index (χ1v) is 6.90. The average Bonchev–Trinajstić information content (AvgIpc) is 2.34. The van der Waals surface area contributed by atoms with E-state index in [1.807, 2.05) is 4.90 Å². The summed E-state index contributed by atoms with van der Waals surface area (Å²) >= 11 is 0. The third kappa shape index (κ3) is 3.12. The predicted octanol–water partition coefficient (Wildman–Crippen LogP) is 3.10. The van der Waals surface area contributed by atoms with Crippen LogP contribution < -0.4 is 0 Å². The third-order valence-electron chi connectivity index (χ3n) is 4.06. The Hall–Kier alpha value is -1.31. The molecule has 1 aromatic rings. The zero-order chi connectivity index (χ0) is 13.1. The van der Waals surface area contributed by atoms with Crippen LogP contribution in [-0.2, 0) is 11.2 Å². The van der Waals surface area contributed by atoms with Crippen molar-refractivity contribution in [3.05, 3.63) is 34.9 Å². The Bertz CT molecular complexity index is 431. The Labute approximate surface area is 110 Å². The molecule has 2 heteroatoms. The van der Waals surface area contributed by atoms with Gasteiger partial charge in [0.25, 0.3) is 0 Å². The summed E-state index contributed by atoms with van der Waals surface area (Å²) in [6.07, 6.45) is 2.85. The van der Waals surface area contributed by atoms with E-state index in [1.165, 1.54) is 11.1 Å². The standard InChI is InChI=1S/C16H23NO/c1-12-6-8-17(9-7-12)16(18)11-15-5-4-13(2)14(3)10-15/h4-5,10,12H,6-9,11H2,1-3H3. The number of nitrogens with zero attached hydrogens (tertiary/aromatic N) is 1. The van der Waals surface area contributed by atoms with E-state index < -0.39 is 0 Å². The molecule has 0 spiro atoms. The number of likely N-dealkylation sites (tertiary alicyclic amines) is 1. The number of carbonyl (C=O) groups excluding carboxylic acids is 1. The fourth-order valence-corrected chi connectivity index (χ4v) is 2.46. The Balaban J connectivity index is 1.96. The van der Waals surface area contributed by atoms with Crippen molar-refractivity contribution >= 4 is 5.91 Å². The van der Waals surface area contributed by atoms with Crippen molar-refractivity contribution in [2.75, 3.05) is 13.1 Å². The lowest BCUT2D eigenvalue weighted by molar-refractivity contribution is -0.131. The summed E-state index contributed by atoms with van der Waals surface area (Å²) in [5.74, 6) is 1.06. The first kappa shape index (κ1) is 13.1. The van der Waals surface area contributed by atoms with E-state index in [1.54, 1.807) is 0 Å². The maximum atomic E-state index is 12.2. The van der Waals surface area contributed by atoms with Crippen molar-refractivity contribution in [1.82, 2.24) is 4.90 Å². The summed E-state index contributed by atoms with van der Waals surface area (Å²) in [6, 6.07) is 6.32. The molecule has 0 unspecified atom stereocenters. The predicted molar refractivity (Wildman–Crippen MR) is 74.6 cm³/mol. The zero-order valence-corrected chi connectivity index (χ0v) is 11.7. The molecule has 0 N–H and O–H groups in total. The molecule has 0 aliphatic carbocycles. The van der Waals surface area contributed by atoms with Gasteiger partial charge in [0, 0.05) is 13.1 Å². The molecule has 1 amide bonds. The van der Waals surface area contributed by atoms with E-state index in [-0.39, 0.29) is 5.91 Å². The van der Waals surface area contributed by atoms with Gasteiger partial charge in [0.1, 0.15) is 0 Å². The van der Waals surface area contributed by atoms with Crippen LogP contribution in [0.25, 0.3) is 0 Å². The molecular weight excluding hydrogens is 222 g/mol. The summed E-state index contributed by atoms with van der Waals surface area (Å²) in [5, 5.41) is 0. The van der Waals surface area contributed by atoms with E-state index in [2.05, 4.69) is 39.0 Å². The number of carbonyl (C=O) groups is 1. The topological polar surface area (TPSA) is 20.3 Å². The van der Waals surface area contributed by atoms with Crippen LogP contribution in [0, 0.1) is 19.8 Å². The quantitative estimate of drug-likeness (QED) is 0.784. The second kappa shape index (κ2) is 5.55. The molecule has 2 rings (SSSR count). The number of aryl methyl sites for hydroxylation is 2. The van der Waals surface area contributed by atoms with Gasteiger partial charge < -0.3 is 4.90 Å². The van der Waals surface area contributed by atoms with Crippen molar-refractivity contribution < 1.29 is 4.79 Å². The van der Waals surface area contributed by atoms with Crippen LogP contribution in [0.4, 0.5) is 0 Å². The number of rotatable bonds is 2. The molecule has 1 fully saturated rings. The van der Waals surface area contributed by atoms with Gasteiger partial charge in [-0.25, -0.2) is 0 Å². The highest BCUT2D eigenvalue weighted by atomic mass is 16.2. The van der Waals surface area contributed by atoms with E-state index in [0.29, 0.717) is 6.42 Å². The van der Waals surface area contributed by atoms with Gasteiger partial charge in [-0.3, -0.25) is 4.79 Å². The fraction of sp³-hybridized carbons (Fsp3) is 0.562. The molecule has 0 radical (unpaired) electrons. The molecule has 18 heavy (non-hydrogen) atoms. The van der Waals surface area contributed by atoms with Crippen LogP contribution in [0.3, 0.4) is 0 Å². The van der Waals surface area contributed by atoms with Crippen LogP contribution in [0.1, 0.15) is 36.5 Å². The Morgan fingerprint density at radius 1 is 1.22 bits per heavy atom. The zero-order valence-electron chi connectivity index (χ0n) is 11.7. The highest BCUT2D eigenvalue weighted by Gasteiger charge is 2.20. The summed E-state index contributed by atoms with van der Waals surface area (Å²) in [4.78, 5) is 14.2. The number of benzene rings is 1. The van der Waals surface area contributed by atoms with Gasteiger partial charge in [0.05, 0.1) is 6.42 Å². The van der Waals surface area contributed by atoms with Gasteiger partial charge in [0.15, 0.2) is 0 Å². The Kier molecular flexibility index (Phi) is 4.05. The third-order valence-corrected chi connectivity index (χ3v) is 4.06. The summed E-state index contributed by atoms with van der Waals surface area (Å²) < 4.78 is 0. The molecule has 1 heterocycles. The van der Waals surface area contributed by atoms with E-state index in [9.17, 15) is 4.79 Å². The van der Waals surface area contributed by atoms with Gasteiger partial charge in [-0.2, -0.15) is 0 Å². The Morgan fingerprint density at radius 2 is 1.89 bits per heavy atom. The SMILES string of the molecule is Cc1ccc(CC(=O)N2CCC(C)CC2)cc1C. The molecular formula is C16H23NO. The molecule has 0 aromatic heterocycles. The van der Waals surface area contributed by atoms with Gasteiger partial charge in [0.2, 0.25) is 5.91 Å². The normalized spacial score (nSPS) is 16.9. The van der Waals surface area contributed by atoms with Gasteiger partial charge in [-0.05, 0) is 49.3 Å². The Morgan fingerprint density at radius 3 is 2.50 bits per heavy atom. The monoisotopic (exact) mass is 245 g/mol. The van der Waals surface area contributed by atoms with Crippen molar-refractivity contribution in [1.29, 1.82) is 0 Å². The lowest BCUT2D eigenvalue weighted by Gasteiger charge is -2.30. The van der Waals surface area contributed by atoms with Crippen LogP contribution in [0.2, 0.25) is 0 Å². The maximum absolute atomic E-state index is 12.2. The number of hydrogen-bond acceptors (Lipinski definition) is 1. The van der Waals surface area contributed by atoms with Crippen LogP contribution in [0.15, 0.2) is 18.2 Å². The minimum absolute atomic E-state index is 0.283. The van der Waals surface area contributed by atoms with Crippen LogP contribution >= 0.6 is 0 Å². The first-order chi connectivity index (χ1) is 8.56. The maximum Gasteiger partial charge on any atom is 0.226 e. The summed E-state index contributed by atoms with van der Waals surface area (Å²) in [7, 11) is 0. The van der Waals surface area contributed by atoms with Gasteiger partial charge >= 0.3 is 0 Å².